The highest BCUT2D eigenvalue weighted by molar-refractivity contribution is 5.78. The monoisotopic (exact) mass is 319 g/mol. The standard InChI is InChI=1S/C17H29N5O/c1-4-20-10-11-22(12-15(20)17-18-8-9-19(17)3)16(23)13-21(5-2)14-6-7-14/h8-9,14-15H,4-7,10-13H2,1-3H3/t15-/m0/s1. The van der Waals surface area contributed by atoms with Gasteiger partial charge < -0.3 is 9.47 Å². The second-order valence-corrected chi connectivity index (χ2v) is 6.67. The third-order valence-electron chi connectivity index (χ3n) is 5.21. The minimum absolute atomic E-state index is 0.203. The van der Waals surface area contributed by atoms with Crippen LogP contribution in [0.3, 0.4) is 0 Å². The molecule has 6 heteroatoms. The molecule has 23 heavy (non-hydrogen) atoms. The number of hydrogen-bond acceptors (Lipinski definition) is 4. The predicted molar refractivity (Wildman–Crippen MR) is 90.0 cm³/mol. The molecule has 1 saturated carbocycles. The molecule has 0 aromatic carbocycles. The molecule has 1 aliphatic carbocycles. The van der Waals surface area contributed by atoms with Crippen LogP contribution in [-0.4, -0.2) is 75.5 Å². The van der Waals surface area contributed by atoms with Gasteiger partial charge in [-0.25, -0.2) is 4.98 Å². The van der Waals surface area contributed by atoms with Gasteiger partial charge in [0.05, 0.1) is 12.6 Å². The van der Waals surface area contributed by atoms with E-state index in [1.807, 2.05) is 24.3 Å². The van der Waals surface area contributed by atoms with Crippen molar-refractivity contribution >= 4 is 5.91 Å². The van der Waals surface area contributed by atoms with Crippen LogP contribution in [0.5, 0.6) is 0 Å². The molecule has 128 valence electrons. The molecule has 6 nitrogen and oxygen atoms in total. The average Bonchev–Trinajstić information content (AvgIpc) is 3.33. The summed E-state index contributed by atoms with van der Waals surface area (Å²) in [5.41, 5.74) is 0. The Morgan fingerprint density at radius 2 is 2.13 bits per heavy atom. The summed E-state index contributed by atoms with van der Waals surface area (Å²) in [5.74, 6) is 1.33. The van der Waals surface area contributed by atoms with Crippen molar-refractivity contribution in [3.8, 4) is 0 Å². The number of nitrogens with zero attached hydrogens (tertiary/aromatic N) is 5. The minimum atomic E-state index is 0.203. The largest absolute Gasteiger partial charge is 0.338 e. The fourth-order valence-electron chi connectivity index (χ4n) is 3.58. The number of carbonyl (C=O) groups excluding carboxylic acids is 1. The van der Waals surface area contributed by atoms with Crippen molar-refractivity contribution < 1.29 is 4.79 Å². The number of carbonyl (C=O) groups is 1. The van der Waals surface area contributed by atoms with Gasteiger partial charge in [-0.2, -0.15) is 0 Å². The van der Waals surface area contributed by atoms with Crippen LogP contribution in [0.15, 0.2) is 12.4 Å². The third kappa shape index (κ3) is 3.58. The lowest BCUT2D eigenvalue weighted by molar-refractivity contribution is -0.135. The molecule has 1 aromatic rings. The zero-order valence-corrected chi connectivity index (χ0v) is 14.6. The molecule has 1 aliphatic heterocycles. The maximum Gasteiger partial charge on any atom is 0.236 e. The van der Waals surface area contributed by atoms with Crippen LogP contribution in [0.1, 0.15) is 38.6 Å². The Labute approximate surface area is 139 Å². The van der Waals surface area contributed by atoms with E-state index in [2.05, 4.69) is 33.2 Å². The highest BCUT2D eigenvalue weighted by atomic mass is 16.2. The van der Waals surface area contributed by atoms with Gasteiger partial charge in [0.15, 0.2) is 0 Å². The van der Waals surface area contributed by atoms with Crippen molar-refractivity contribution in [2.24, 2.45) is 7.05 Å². The van der Waals surface area contributed by atoms with Crippen molar-refractivity contribution in [3.63, 3.8) is 0 Å². The molecule has 0 spiro atoms. The fourth-order valence-corrected chi connectivity index (χ4v) is 3.58. The van der Waals surface area contributed by atoms with E-state index in [-0.39, 0.29) is 11.9 Å². The van der Waals surface area contributed by atoms with E-state index in [1.165, 1.54) is 12.8 Å². The second-order valence-electron chi connectivity index (χ2n) is 6.67. The van der Waals surface area contributed by atoms with E-state index in [0.29, 0.717) is 12.6 Å². The van der Waals surface area contributed by atoms with Gasteiger partial charge in [0.2, 0.25) is 5.91 Å². The summed E-state index contributed by atoms with van der Waals surface area (Å²) in [6, 6.07) is 0.847. The van der Waals surface area contributed by atoms with Crippen molar-refractivity contribution in [2.45, 2.75) is 38.8 Å². The van der Waals surface area contributed by atoms with Gasteiger partial charge in [-0.1, -0.05) is 13.8 Å². The van der Waals surface area contributed by atoms with Crippen molar-refractivity contribution in [2.75, 3.05) is 39.3 Å². The Morgan fingerprint density at radius 3 is 2.70 bits per heavy atom. The van der Waals surface area contributed by atoms with Crippen molar-refractivity contribution in [3.05, 3.63) is 18.2 Å². The molecule has 0 unspecified atom stereocenters. The lowest BCUT2D eigenvalue weighted by atomic mass is 10.1. The molecule has 2 fully saturated rings. The lowest BCUT2D eigenvalue weighted by Crippen LogP contribution is -2.53. The average molecular weight is 319 g/mol. The summed E-state index contributed by atoms with van der Waals surface area (Å²) >= 11 is 0. The molecule has 2 aliphatic rings. The van der Waals surface area contributed by atoms with E-state index in [0.717, 1.165) is 38.5 Å². The van der Waals surface area contributed by atoms with Crippen LogP contribution in [0.4, 0.5) is 0 Å². The highest BCUT2D eigenvalue weighted by Crippen LogP contribution is 2.27. The SMILES string of the molecule is CCN(CC(=O)N1CCN(CC)[C@H](c2nccn2C)C1)C1CC1. The summed E-state index contributed by atoms with van der Waals surface area (Å²) in [5, 5.41) is 0. The molecule has 0 N–H and O–H groups in total. The van der Waals surface area contributed by atoms with Gasteiger partial charge >= 0.3 is 0 Å². The Kier molecular flexibility index (Phi) is 5.02. The number of imidazole rings is 1. The van der Waals surface area contributed by atoms with Crippen LogP contribution in [0.25, 0.3) is 0 Å². The summed E-state index contributed by atoms with van der Waals surface area (Å²) in [7, 11) is 2.03. The Morgan fingerprint density at radius 1 is 1.35 bits per heavy atom. The van der Waals surface area contributed by atoms with Gasteiger partial charge in [-0.15, -0.1) is 0 Å². The van der Waals surface area contributed by atoms with Crippen LogP contribution in [0.2, 0.25) is 0 Å². The zero-order chi connectivity index (χ0) is 16.4. The first-order valence-electron chi connectivity index (χ1n) is 8.87. The molecule has 0 bridgehead atoms. The first kappa shape index (κ1) is 16.5. The quantitative estimate of drug-likeness (QED) is 0.788. The van der Waals surface area contributed by atoms with E-state index in [4.69, 9.17) is 0 Å². The molecule has 1 amide bonds. The Hall–Kier alpha value is -1.40. The highest BCUT2D eigenvalue weighted by Gasteiger charge is 2.34. The topological polar surface area (TPSA) is 44.6 Å². The maximum atomic E-state index is 12.7. The van der Waals surface area contributed by atoms with Crippen LogP contribution < -0.4 is 0 Å². The fraction of sp³-hybridized carbons (Fsp3) is 0.765. The first-order valence-corrected chi connectivity index (χ1v) is 8.87. The molecular formula is C17H29N5O. The smallest absolute Gasteiger partial charge is 0.236 e. The number of rotatable bonds is 6. The predicted octanol–water partition coefficient (Wildman–Crippen LogP) is 1.11. The first-order chi connectivity index (χ1) is 11.1. The van der Waals surface area contributed by atoms with E-state index in [1.54, 1.807) is 0 Å². The molecule has 1 saturated heterocycles. The number of piperazine rings is 1. The molecular weight excluding hydrogens is 290 g/mol. The number of likely N-dealkylation sites (N-methyl/N-ethyl adjacent to an activating group) is 2. The molecule has 1 aromatic heterocycles. The maximum absolute atomic E-state index is 12.7. The third-order valence-corrected chi connectivity index (χ3v) is 5.21. The summed E-state index contributed by atoms with van der Waals surface area (Å²) in [4.78, 5) is 24.0. The summed E-state index contributed by atoms with van der Waals surface area (Å²) < 4.78 is 2.07. The Balaban J connectivity index is 1.67. The normalized spacial score (nSPS) is 22.8. The summed E-state index contributed by atoms with van der Waals surface area (Å²) in [6.07, 6.45) is 6.33. The van der Waals surface area contributed by atoms with E-state index >= 15 is 0 Å². The summed E-state index contributed by atoms with van der Waals surface area (Å²) in [6.45, 7) is 9.36. The van der Waals surface area contributed by atoms with Gasteiger partial charge in [0.25, 0.3) is 0 Å². The van der Waals surface area contributed by atoms with E-state index < -0.39 is 0 Å². The molecule has 2 heterocycles. The van der Waals surface area contributed by atoms with Crippen molar-refractivity contribution in [1.82, 2.24) is 24.3 Å². The minimum Gasteiger partial charge on any atom is -0.338 e. The number of hydrogen-bond donors (Lipinski definition) is 0. The molecule has 0 radical (unpaired) electrons. The lowest BCUT2D eigenvalue weighted by Gasteiger charge is -2.41. The zero-order valence-electron chi connectivity index (χ0n) is 14.6. The number of amides is 1. The van der Waals surface area contributed by atoms with Crippen LogP contribution >= 0.6 is 0 Å². The number of aromatic nitrogens is 2. The van der Waals surface area contributed by atoms with Gasteiger partial charge in [0, 0.05) is 45.1 Å². The Bertz CT molecular complexity index is 539. The van der Waals surface area contributed by atoms with Gasteiger partial charge in [-0.05, 0) is 25.9 Å². The van der Waals surface area contributed by atoms with Crippen LogP contribution in [0, 0.1) is 0 Å². The van der Waals surface area contributed by atoms with Gasteiger partial charge in [-0.3, -0.25) is 14.6 Å². The molecule has 1 atom stereocenters. The second kappa shape index (κ2) is 7.01. The van der Waals surface area contributed by atoms with Crippen LogP contribution in [-0.2, 0) is 11.8 Å². The van der Waals surface area contributed by atoms with Crippen molar-refractivity contribution in [1.29, 1.82) is 0 Å². The number of aryl methyl sites for hydroxylation is 1. The van der Waals surface area contributed by atoms with E-state index in [9.17, 15) is 4.79 Å². The van der Waals surface area contributed by atoms with Gasteiger partial charge in [0.1, 0.15) is 5.82 Å². The molecule has 3 rings (SSSR count).